The van der Waals surface area contributed by atoms with Crippen LogP contribution in [0.15, 0.2) is 41.3 Å². The van der Waals surface area contributed by atoms with Gasteiger partial charge in [0.2, 0.25) is 15.9 Å². The van der Waals surface area contributed by atoms with Crippen LogP contribution in [0.1, 0.15) is 44.2 Å². The minimum absolute atomic E-state index is 0.118. The Kier molecular flexibility index (Phi) is 6.95. The molecule has 2 aliphatic rings. The number of hydrogen-bond donors (Lipinski definition) is 2. The first-order chi connectivity index (χ1) is 16.2. The summed E-state index contributed by atoms with van der Waals surface area (Å²) < 4.78 is 34.3. The first-order valence-corrected chi connectivity index (χ1v) is 13.2. The highest BCUT2D eigenvalue weighted by molar-refractivity contribution is 7.89. The zero-order valence-corrected chi connectivity index (χ0v) is 20.6. The van der Waals surface area contributed by atoms with Gasteiger partial charge in [-0.15, -0.1) is 0 Å². The van der Waals surface area contributed by atoms with Crippen molar-refractivity contribution in [2.24, 2.45) is 5.92 Å². The first kappa shape index (κ1) is 24.2. The number of piperidine rings is 1. The molecule has 0 bridgehead atoms. The Labute approximate surface area is 200 Å². The molecule has 182 valence electrons. The molecule has 0 spiro atoms. The van der Waals surface area contributed by atoms with Gasteiger partial charge in [0.1, 0.15) is 5.75 Å². The molecule has 0 radical (unpaired) electrons. The molecule has 2 N–H and O–H groups in total. The second-order valence-electron chi connectivity index (χ2n) is 8.86. The van der Waals surface area contributed by atoms with E-state index in [1.807, 2.05) is 31.2 Å². The van der Waals surface area contributed by atoms with E-state index in [1.54, 1.807) is 13.0 Å². The van der Waals surface area contributed by atoms with E-state index in [4.69, 9.17) is 4.74 Å². The lowest BCUT2D eigenvalue weighted by atomic mass is 9.98. The molecule has 2 aromatic carbocycles. The van der Waals surface area contributed by atoms with Gasteiger partial charge in [-0.05, 0) is 61.9 Å². The number of aryl methyl sites for hydroxylation is 2. The van der Waals surface area contributed by atoms with E-state index in [2.05, 4.69) is 17.6 Å². The SMILES string of the molecule is CCc1cccc(NC(=O)[C@H]2CCCN(S(=O)(=O)c3cc4c(cc3C)NC(=O)[C@H](CC)O4)C2)c1. The molecule has 8 nitrogen and oxygen atoms in total. The number of rotatable bonds is 6. The van der Waals surface area contributed by atoms with Gasteiger partial charge < -0.3 is 15.4 Å². The van der Waals surface area contributed by atoms with Crippen LogP contribution in [0.3, 0.4) is 0 Å². The fourth-order valence-corrected chi connectivity index (χ4v) is 6.20. The van der Waals surface area contributed by atoms with Gasteiger partial charge in [0.05, 0.1) is 16.5 Å². The largest absolute Gasteiger partial charge is 0.478 e. The van der Waals surface area contributed by atoms with Crippen LogP contribution < -0.4 is 15.4 Å². The summed E-state index contributed by atoms with van der Waals surface area (Å²) in [4.78, 5) is 25.2. The molecule has 1 saturated heterocycles. The maximum Gasteiger partial charge on any atom is 0.265 e. The zero-order chi connectivity index (χ0) is 24.5. The maximum absolute atomic E-state index is 13.6. The monoisotopic (exact) mass is 485 g/mol. The maximum atomic E-state index is 13.6. The van der Waals surface area contributed by atoms with Gasteiger partial charge in [-0.25, -0.2) is 8.42 Å². The lowest BCUT2D eigenvalue weighted by Crippen LogP contribution is -2.44. The van der Waals surface area contributed by atoms with Crippen LogP contribution in [-0.2, 0) is 26.0 Å². The Balaban J connectivity index is 1.53. The molecule has 0 aliphatic carbocycles. The molecule has 4 rings (SSSR count). The van der Waals surface area contributed by atoms with Crippen LogP contribution in [0.4, 0.5) is 11.4 Å². The fraction of sp³-hybridized carbons (Fsp3) is 0.440. The van der Waals surface area contributed by atoms with E-state index in [0.29, 0.717) is 42.8 Å². The summed E-state index contributed by atoms with van der Waals surface area (Å²) in [6.45, 7) is 6.05. The zero-order valence-electron chi connectivity index (χ0n) is 19.8. The Bertz CT molecular complexity index is 1210. The standard InChI is InChI=1S/C25H31N3O5S/c1-4-17-8-6-10-19(13-17)26-24(29)18-9-7-11-28(15-18)34(31,32)23-14-22-20(12-16(23)3)27-25(30)21(5-2)33-22/h6,8,10,12-14,18,21H,4-5,7,9,11,15H2,1-3H3,(H,26,29)(H,27,30)/t18-,21-/m0/s1. The van der Waals surface area contributed by atoms with Gasteiger partial charge in [-0.2, -0.15) is 4.31 Å². The summed E-state index contributed by atoms with van der Waals surface area (Å²) in [5, 5.41) is 5.73. The molecule has 0 saturated carbocycles. The molecular weight excluding hydrogens is 454 g/mol. The predicted octanol–water partition coefficient (Wildman–Crippen LogP) is 3.71. The second-order valence-corrected chi connectivity index (χ2v) is 10.8. The lowest BCUT2D eigenvalue weighted by molar-refractivity contribution is -0.123. The van der Waals surface area contributed by atoms with Gasteiger partial charge in [0.15, 0.2) is 6.10 Å². The van der Waals surface area contributed by atoms with Gasteiger partial charge in [-0.3, -0.25) is 9.59 Å². The number of nitrogens with one attached hydrogen (secondary N) is 2. The lowest BCUT2D eigenvalue weighted by Gasteiger charge is -2.32. The number of nitrogens with zero attached hydrogens (tertiary/aromatic N) is 1. The molecule has 2 amide bonds. The molecule has 2 aliphatic heterocycles. The van der Waals surface area contributed by atoms with Crippen molar-refractivity contribution in [1.29, 1.82) is 0 Å². The number of carbonyl (C=O) groups excluding carboxylic acids is 2. The van der Waals surface area contributed by atoms with E-state index >= 15 is 0 Å². The van der Waals surface area contributed by atoms with Crippen molar-refractivity contribution in [2.45, 2.75) is 57.5 Å². The van der Waals surface area contributed by atoms with Crippen LogP contribution in [0, 0.1) is 12.8 Å². The number of hydrogen-bond acceptors (Lipinski definition) is 5. The van der Waals surface area contributed by atoms with E-state index < -0.39 is 22.0 Å². The molecule has 2 heterocycles. The van der Waals surface area contributed by atoms with Gasteiger partial charge >= 0.3 is 0 Å². The summed E-state index contributed by atoms with van der Waals surface area (Å²) in [5.41, 5.74) is 2.83. The first-order valence-electron chi connectivity index (χ1n) is 11.7. The summed E-state index contributed by atoms with van der Waals surface area (Å²) in [7, 11) is -3.85. The van der Waals surface area contributed by atoms with Crippen LogP contribution >= 0.6 is 0 Å². The van der Waals surface area contributed by atoms with Crippen molar-refractivity contribution in [3.8, 4) is 5.75 Å². The smallest absolute Gasteiger partial charge is 0.265 e. The third kappa shape index (κ3) is 4.81. The van der Waals surface area contributed by atoms with Gasteiger partial charge in [-0.1, -0.05) is 26.0 Å². The number of carbonyl (C=O) groups is 2. The molecule has 0 unspecified atom stereocenters. The second kappa shape index (κ2) is 9.76. The highest BCUT2D eigenvalue weighted by Crippen LogP contribution is 2.36. The van der Waals surface area contributed by atoms with Crippen LogP contribution in [0.25, 0.3) is 0 Å². The molecule has 34 heavy (non-hydrogen) atoms. The summed E-state index contributed by atoms with van der Waals surface area (Å²) in [6.07, 6.45) is 1.92. The topological polar surface area (TPSA) is 105 Å². The average Bonchev–Trinajstić information content (AvgIpc) is 2.83. The Morgan fingerprint density at radius 3 is 2.76 bits per heavy atom. The minimum atomic E-state index is -3.85. The molecule has 0 aromatic heterocycles. The molecule has 9 heteroatoms. The number of sulfonamides is 1. The van der Waals surface area contributed by atoms with Gasteiger partial charge in [0.25, 0.3) is 5.91 Å². The van der Waals surface area contributed by atoms with Crippen molar-refractivity contribution in [3.63, 3.8) is 0 Å². The van der Waals surface area contributed by atoms with Crippen molar-refractivity contribution in [2.75, 3.05) is 23.7 Å². The number of benzene rings is 2. The average molecular weight is 486 g/mol. The Morgan fingerprint density at radius 2 is 2.03 bits per heavy atom. The third-order valence-electron chi connectivity index (χ3n) is 6.44. The normalized spacial score (nSPS) is 20.7. The summed E-state index contributed by atoms with van der Waals surface area (Å²) in [6, 6.07) is 10.8. The third-order valence-corrected chi connectivity index (χ3v) is 8.45. The Hall–Kier alpha value is -2.91. The molecular formula is C25H31N3O5S. The highest BCUT2D eigenvalue weighted by Gasteiger charge is 2.36. The molecule has 2 atom stereocenters. The summed E-state index contributed by atoms with van der Waals surface area (Å²) >= 11 is 0. The highest BCUT2D eigenvalue weighted by atomic mass is 32.2. The van der Waals surface area contributed by atoms with Crippen LogP contribution in [0.2, 0.25) is 0 Å². The van der Waals surface area contributed by atoms with E-state index in [9.17, 15) is 18.0 Å². The summed E-state index contributed by atoms with van der Waals surface area (Å²) in [5.74, 6) is -0.504. The molecule has 2 aromatic rings. The van der Waals surface area contributed by atoms with Gasteiger partial charge in [0, 0.05) is 24.8 Å². The minimum Gasteiger partial charge on any atom is -0.478 e. The Morgan fingerprint density at radius 1 is 1.24 bits per heavy atom. The number of fused-ring (bicyclic) bond motifs is 1. The fourth-order valence-electron chi connectivity index (χ4n) is 4.46. The predicted molar refractivity (Wildman–Crippen MR) is 130 cm³/mol. The van der Waals surface area contributed by atoms with Crippen molar-refractivity contribution < 1.29 is 22.7 Å². The van der Waals surface area contributed by atoms with Crippen LogP contribution in [-0.4, -0.2) is 43.7 Å². The van der Waals surface area contributed by atoms with Crippen molar-refractivity contribution in [1.82, 2.24) is 4.31 Å². The number of amides is 2. The van der Waals surface area contributed by atoms with E-state index in [-0.39, 0.29) is 23.3 Å². The molecule has 1 fully saturated rings. The number of anilines is 2. The van der Waals surface area contributed by atoms with E-state index in [0.717, 1.165) is 17.7 Å². The van der Waals surface area contributed by atoms with Crippen LogP contribution in [0.5, 0.6) is 5.75 Å². The quantitative estimate of drug-likeness (QED) is 0.649. The van der Waals surface area contributed by atoms with E-state index in [1.165, 1.54) is 10.4 Å². The van der Waals surface area contributed by atoms with Crippen molar-refractivity contribution >= 4 is 33.2 Å². The van der Waals surface area contributed by atoms with Crippen molar-refractivity contribution in [3.05, 3.63) is 47.5 Å². The number of ether oxygens (including phenoxy) is 1.